The molecule has 0 spiro atoms. The fourth-order valence-electron chi connectivity index (χ4n) is 3.09. The van der Waals surface area contributed by atoms with E-state index in [1.807, 2.05) is 24.3 Å². The minimum Gasteiger partial charge on any atom is -0.495 e. The van der Waals surface area contributed by atoms with Crippen LogP contribution < -0.4 is 9.04 Å². The summed E-state index contributed by atoms with van der Waals surface area (Å²) in [5.74, 6) is 0.0460. The third-order valence-electron chi connectivity index (χ3n) is 4.87. The summed E-state index contributed by atoms with van der Waals surface area (Å²) in [6.45, 7) is 4.20. The van der Waals surface area contributed by atoms with Crippen molar-refractivity contribution in [2.75, 3.05) is 11.4 Å². The molecule has 166 valence electrons. The Bertz CT molecular complexity index is 1220. The Balaban J connectivity index is 2.02. The summed E-state index contributed by atoms with van der Waals surface area (Å²) in [5, 5.41) is 0.194. The van der Waals surface area contributed by atoms with Crippen molar-refractivity contribution < 1.29 is 17.9 Å². The molecule has 3 rings (SSSR count). The van der Waals surface area contributed by atoms with Gasteiger partial charge in [-0.2, -0.15) is 4.31 Å². The van der Waals surface area contributed by atoms with Crippen LogP contribution in [0.25, 0.3) is 6.08 Å². The molecule has 0 heterocycles. The van der Waals surface area contributed by atoms with Gasteiger partial charge in [-0.25, -0.2) is 8.42 Å². The summed E-state index contributed by atoms with van der Waals surface area (Å²) in [4.78, 5) is 13.2. The number of anilines is 1. The van der Waals surface area contributed by atoms with Crippen LogP contribution in [0.2, 0.25) is 5.02 Å². The van der Waals surface area contributed by atoms with Crippen molar-refractivity contribution in [1.82, 2.24) is 0 Å². The van der Waals surface area contributed by atoms with Crippen LogP contribution in [-0.4, -0.2) is 21.4 Å². The highest BCUT2D eigenvalue weighted by atomic mass is 35.5. The van der Waals surface area contributed by atoms with Gasteiger partial charge in [-0.05, 0) is 53.5 Å². The van der Waals surface area contributed by atoms with Gasteiger partial charge in [0.1, 0.15) is 5.75 Å². The van der Waals surface area contributed by atoms with Crippen molar-refractivity contribution in [3.8, 4) is 5.75 Å². The summed E-state index contributed by atoms with van der Waals surface area (Å²) < 4.78 is 32.6. The molecule has 0 atom stereocenters. The number of amides is 1. The van der Waals surface area contributed by atoms with Crippen LogP contribution >= 0.6 is 11.6 Å². The molecule has 0 saturated carbocycles. The quantitative estimate of drug-likeness (QED) is 0.403. The standard InChI is InChI=1S/C25H24ClNO4S/c1-18(2)20-12-9-19(10-13-20)11-16-25(28)27(21-14-15-24(31-3)23(26)17-21)32(29,30)22-7-5-4-6-8-22/h4-18H,1-3H3/b16-11+. The average molecular weight is 470 g/mol. The maximum absolute atomic E-state index is 13.4. The highest BCUT2D eigenvalue weighted by molar-refractivity contribution is 7.93. The lowest BCUT2D eigenvalue weighted by atomic mass is 10.0. The van der Waals surface area contributed by atoms with Gasteiger partial charge in [0.05, 0.1) is 22.7 Å². The summed E-state index contributed by atoms with van der Waals surface area (Å²) in [6.07, 6.45) is 2.83. The Morgan fingerprint density at radius 1 is 1.00 bits per heavy atom. The zero-order valence-electron chi connectivity index (χ0n) is 18.0. The van der Waals surface area contributed by atoms with E-state index < -0.39 is 15.9 Å². The van der Waals surface area contributed by atoms with E-state index in [2.05, 4.69) is 13.8 Å². The Morgan fingerprint density at radius 3 is 2.22 bits per heavy atom. The number of carbonyl (C=O) groups is 1. The van der Waals surface area contributed by atoms with E-state index in [0.717, 1.165) is 9.87 Å². The molecule has 0 fully saturated rings. The Labute approximate surface area is 194 Å². The molecule has 32 heavy (non-hydrogen) atoms. The molecule has 0 N–H and O–H groups in total. The first-order valence-electron chi connectivity index (χ1n) is 10.00. The second-order valence-electron chi connectivity index (χ2n) is 7.39. The molecule has 5 nitrogen and oxygen atoms in total. The van der Waals surface area contributed by atoms with Gasteiger partial charge in [0.2, 0.25) is 0 Å². The number of benzene rings is 3. The van der Waals surface area contributed by atoms with Crippen LogP contribution in [0.15, 0.2) is 83.8 Å². The van der Waals surface area contributed by atoms with Crippen molar-refractivity contribution in [2.24, 2.45) is 0 Å². The number of halogens is 1. The molecule has 0 aliphatic carbocycles. The van der Waals surface area contributed by atoms with E-state index in [9.17, 15) is 13.2 Å². The van der Waals surface area contributed by atoms with Gasteiger partial charge in [-0.15, -0.1) is 0 Å². The molecule has 7 heteroatoms. The lowest BCUT2D eigenvalue weighted by Crippen LogP contribution is -2.35. The maximum Gasteiger partial charge on any atom is 0.271 e. The van der Waals surface area contributed by atoms with E-state index >= 15 is 0 Å². The minimum atomic E-state index is -4.18. The molecule has 0 saturated heterocycles. The van der Waals surface area contributed by atoms with Gasteiger partial charge in [0.15, 0.2) is 0 Å². The molecular weight excluding hydrogens is 446 g/mol. The van der Waals surface area contributed by atoms with Gasteiger partial charge in [-0.3, -0.25) is 4.79 Å². The molecule has 3 aromatic rings. The molecule has 0 aliphatic heterocycles. The number of methoxy groups -OCH3 is 1. The predicted octanol–water partition coefficient (Wildman–Crippen LogP) is 5.91. The molecule has 0 unspecified atom stereocenters. The number of rotatable bonds is 7. The third-order valence-corrected chi connectivity index (χ3v) is 6.91. The Morgan fingerprint density at radius 2 is 1.66 bits per heavy atom. The normalized spacial score (nSPS) is 11.7. The number of ether oxygens (including phenoxy) is 1. The Kier molecular flexibility index (Phi) is 7.38. The summed E-state index contributed by atoms with van der Waals surface area (Å²) in [7, 11) is -2.72. The van der Waals surface area contributed by atoms with Gasteiger partial charge >= 0.3 is 0 Å². The minimum absolute atomic E-state index is 0.00465. The monoisotopic (exact) mass is 469 g/mol. The van der Waals surface area contributed by atoms with Gasteiger partial charge < -0.3 is 4.74 Å². The first kappa shape index (κ1) is 23.6. The van der Waals surface area contributed by atoms with E-state index in [0.29, 0.717) is 11.7 Å². The highest BCUT2D eigenvalue weighted by Crippen LogP contribution is 2.32. The van der Waals surface area contributed by atoms with Gasteiger partial charge in [-0.1, -0.05) is 67.9 Å². The first-order chi connectivity index (χ1) is 15.2. The topological polar surface area (TPSA) is 63.7 Å². The number of hydrogen-bond acceptors (Lipinski definition) is 4. The van der Waals surface area contributed by atoms with Gasteiger partial charge in [0.25, 0.3) is 15.9 Å². The van der Waals surface area contributed by atoms with Gasteiger partial charge in [0, 0.05) is 6.08 Å². The molecule has 0 aliphatic rings. The van der Waals surface area contributed by atoms with E-state index in [-0.39, 0.29) is 15.6 Å². The molecule has 0 bridgehead atoms. The van der Waals surface area contributed by atoms with E-state index in [1.165, 1.54) is 49.1 Å². The zero-order chi connectivity index (χ0) is 23.3. The fourth-order valence-corrected chi connectivity index (χ4v) is 4.74. The maximum atomic E-state index is 13.4. The number of hydrogen-bond donors (Lipinski definition) is 0. The summed E-state index contributed by atoms with van der Waals surface area (Å²) in [6, 6.07) is 19.9. The van der Waals surface area contributed by atoms with Crippen molar-refractivity contribution in [1.29, 1.82) is 0 Å². The number of nitrogens with zero attached hydrogens (tertiary/aromatic N) is 1. The van der Waals surface area contributed by atoms with Crippen LogP contribution in [0, 0.1) is 0 Å². The molecular formula is C25H24ClNO4S. The lowest BCUT2D eigenvalue weighted by molar-refractivity contribution is -0.113. The average Bonchev–Trinajstić information content (AvgIpc) is 2.78. The zero-order valence-corrected chi connectivity index (χ0v) is 19.6. The van der Waals surface area contributed by atoms with Crippen molar-refractivity contribution >= 4 is 39.3 Å². The van der Waals surface area contributed by atoms with E-state index in [4.69, 9.17) is 16.3 Å². The van der Waals surface area contributed by atoms with Crippen LogP contribution in [0.5, 0.6) is 5.75 Å². The van der Waals surface area contributed by atoms with Crippen LogP contribution in [-0.2, 0) is 14.8 Å². The smallest absolute Gasteiger partial charge is 0.271 e. The second kappa shape index (κ2) is 10.0. The summed E-state index contributed by atoms with van der Waals surface area (Å²) >= 11 is 6.21. The Hall–Kier alpha value is -3.09. The first-order valence-corrected chi connectivity index (χ1v) is 11.8. The molecule has 3 aromatic carbocycles. The van der Waals surface area contributed by atoms with Crippen LogP contribution in [0.3, 0.4) is 0 Å². The summed E-state index contributed by atoms with van der Waals surface area (Å²) in [5.41, 5.74) is 2.08. The van der Waals surface area contributed by atoms with Crippen LogP contribution in [0.1, 0.15) is 30.9 Å². The van der Waals surface area contributed by atoms with Crippen molar-refractivity contribution in [3.63, 3.8) is 0 Å². The lowest BCUT2D eigenvalue weighted by Gasteiger charge is -2.22. The predicted molar refractivity (Wildman–Crippen MR) is 129 cm³/mol. The SMILES string of the molecule is COc1ccc(N(C(=O)/C=C/c2ccc(C(C)C)cc2)S(=O)(=O)c2ccccc2)cc1Cl. The molecule has 0 aromatic heterocycles. The molecule has 1 amide bonds. The highest BCUT2D eigenvalue weighted by Gasteiger charge is 2.30. The fraction of sp³-hybridized carbons (Fsp3) is 0.160. The van der Waals surface area contributed by atoms with Crippen molar-refractivity contribution in [3.05, 3.63) is 95.0 Å². The number of carbonyl (C=O) groups excluding carboxylic acids is 1. The second-order valence-corrected chi connectivity index (χ2v) is 9.59. The third kappa shape index (κ3) is 5.21. The largest absolute Gasteiger partial charge is 0.495 e. The van der Waals surface area contributed by atoms with Crippen molar-refractivity contribution in [2.45, 2.75) is 24.7 Å². The number of sulfonamides is 1. The molecule has 0 radical (unpaired) electrons. The van der Waals surface area contributed by atoms with Crippen LogP contribution in [0.4, 0.5) is 5.69 Å². The van der Waals surface area contributed by atoms with E-state index in [1.54, 1.807) is 24.3 Å².